The summed E-state index contributed by atoms with van der Waals surface area (Å²) in [5.74, 6) is 0.145. The molecule has 0 atom stereocenters. The average Bonchev–Trinajstić information content (AvgIpc) is 2.79. The summed E-state index contributed by atoms with van der Waals surface area (Å²) in [5, 5.41) is 0. The van der Waals surface area contributed by atoms with Crippen LogP contribution >= 0.6 is 0 Å². The van der Waals surface area contributed by atoms with Crippen molar-refractivity contribution < 1.29 is 35.5 Å². The van der Waals surface area contributed by atoms with Gasteiger partial charge in [-0.25, -0.2) is 12.8 Å². The monoisotopic (exact) mass is 481 g/mol. The van der Waals surface area contributed by atoms with Gasteiger partial charge in [-0.3, -0.25) is 4.31 Å². The van der Waals surface area contributed by atoms with E-state index in [0.717, 1.165) is 22.5 Å². The predicted molar refractivity (Wildman–Crippen MR) is 115 cm³/mol. The van der Waals surface area contributed by atoms with E-state index in [9.17, 15) is 26.0 Å². The van der Waals surface area contributed by atoms with E-state index >= 15 is 0 Å². The molecule has 0 unspecified atom stereocenters. The zero-order valence-electron chi connectivity index (χ0n) is 17.6. The van der Waals surface area contributed by atoms with E-state index in [2.05, 4.69) is 0 Å². The quantitative estimate of drug-likeness (QED) is 0.468. The number of sulfonamides is 1. The van der Waals surface area contributed by atoms with E-state index in [1.54, 1.807) is 13.0 Å². The average molecular weight is 481 g/mol. The molecule has 0 aromatic heterocycles. The molecule has 0 spiro atoms. The van der Waals surface area contributed by atoms with Gasteiger partial charge in [0.15, 0.2) is 0 Å². The third kappa shape index (κ3) is 4.22. The fraction of sp³-hybridized carbons (Fsp3) is 0.217. The van der Waals surface area contributed by atoms with Crippen molar-refractivity contribution in [2.75, 3.05) is 24.6 Å². The Hall–Kier alpha value is -3.27. The Morgan fingerprint density at radius 1 is 1.06 bits per heavy atom. The van der Waals surface area contributed by atoms with Crippen molar-refractivity contribution in [2.45, 2.75) is 18.0 Å². The summed E-state index contributed by atoms with van der Waals surface area (Å²) in [6.07, 6.45) is -4.69. The number of nitrogens with zero attached hydrogens (tertiary/aromatic N) is 1. The van der Waals surface area contributed by atoms with Gasteiger partial charge >= 0.3 is 6.18 Å². The summed E-state index contributed by atoms with van der Waals surface area (Å²) in [6, 6.07) is 11.1. The Morgan fingerprint density at radius 2 is 1.82 bits per heavy atom. The molecular formula is C23H19F4NO4S. The maximum absolute atomic E-state index is 14.9. The molecule has 174 valence electrons. The second-order valence-electron chi connectivity index (χ2n) is 7.44. The Kier molecular flexibility index (Phi) is 5.73. The number of halogens is 4. The summed E-state index contributed by atoms with van der Waals surface area (Å²) in [5.41, 5.74) is -0.0674. The van der Waals surface area contributed by atoms with Crippen LogP contribution in [-0.2, 0) is 16.2 Å². The lowest BCUT2D eigenvalue weighted by Gasteiger charge is -2.31. The number of hydrogen-bond acceptors (Lipinski definition) is 4. The van der Waals surface area contributed by atoms with E-state index in [0.29, 0.717) is 22.9 Å². The van der Waals surface area contributed by atoms with Gasteiger partial charge in [-0.1, -0.05) is 12.1 Å². The predicted octanol–water partition coefficient (Wildman–Crippen LogP) is 5.42. The van der Waals surface area contributed by atoms with E-state index in [1.165, 1.54) is 31.4 Å². The van der Waals surface area contributed by atoms with Gasteiger partial charge in [0.1, 0.15) is 23.9 Å². The smallest absolute Gasteiger partial charge is 0.416 e. The molecule has 33 heavy (non-hydrogen) atoms. The highest BCUT2D eigenvalue weighted by molar-refractivity contribution is 7.92. The number of alkyl halides is 3. The minimum absolute atomic E-state index is 0.0111. The molecule has 1 aliphatic heterocycles. The minimum Gasteiger partial charge on any atom is -0.497 e. The maximum Gasteiger partial charge on any atom is 0.416 e. The Morgan fingerprint density at radius 3 is 2.52 bits per heavy atom. The molecule has 3 aromatic carbocycles. The Bertz CT molecular complexity index is 1320. The minimum atomic E-state index is -4.69. The number of anilines is 1. The molecule has 10 heteroatoms. The van der Waals surface area contributed by atoms with Crippen LogP contribution < -0.4 is 13.8 Å². The van der Waals surface area contributed by atoms with Gasteiger partial charge in [0.05, 0.1) is 29.8 Å². The number of ether oxygens (including phenoxy) is 2. The van der Waals surface area contributed by atoms with Gasteiger partial charge in [-0.15, -0.1) is 0 Å². The summed E-state index contributed by atoms with van der Waals surface area (Å²) < 4.78 is 92.6. The van der Waals surface area contributed by atoms with Crippen molar-refractivity contribution in [3.8, 4) is 22.6 Å². The van der Waals surface area contributed by atoms with Crippen molar-refractivity contribution in [3.05, 3.63) is 71.5 Å². The summed E-state index contributed by atoms with van der Waals surface area (Å²) >= 11 is 0. The van der Waals surface area contributed by atoms with Crippen molar-refractivity contribution in [3.63, 3.8) is 0 Å². The van der Waals surface area contributed by atoms with Crippen LogP contribution in [0.4, 0.5) is 23.2 Å². The van der Waals surface area contributed by atoms with Crippen LogP contribution in [0.1, 0.15) is 11.1 Å². The first-order valence-corrected chi connectivity index (χ1v) is 11.3. The zero-order chi connectivity index (χ0) is 24.0. The molecule has 5 nitrogen and oxygen atoms in total. The maximum atomic E-state index is 14.9. The first kappa shape index (κ1) is 22.9. The van der Waals surface area contributed by atoms with Crippen LogP contribution in [-0.4, -0.2) is 28.7 Å². The van der Waals surface area contributed by atoms with Crippen LogP contribution in [0, 0.1) is 12.7 Å². The first-order chi connectivity index (χ1) is 15.5. The number of aryl methyl sites for hydroxylation is 1. The Balaban J connectivity index is 1.83. The van der Waals surface area contributed by atoms with Crippen molar-refractivity contribution >= 4 is 15.7 Å². The number of fused-ring (bicyclic) bond motifs is 1. The Labute approximate surface area is 188 Å². The lowest BCUT2D eigenvalue weighted by atomic mass is 10.0. The summed E-state index contributed by atoms with van der Waals surface area (Å²) in [6.45, 7) is 1.47. The third-order valence-corrected chi connectivity index (χ3v) is 7.11. The lowest BCUT2D eigenvalue weighted by Crippen LogP contribution is -2.38. The zero-order valence-corrected chi connectivity index (χ0v) is 18.4. The molecule has 0 amide bonds. The molecule has 4 rings (SSSR count). The molecule has 1 aliphatic rings. The topological polar surface area (TPSA) is 55.8 Å². The van der Waals surface area contributed by atoms with Crippen LogP contribution in [0.3, 0.4) is 0 Å². The van der Waals surface area contributed by atoms with Crippen LogP contribution in [0.15, 0.2) is 59.5 Å². The molecule has 0 bridgehead atoms. The van der Waals surface area contributed by atoms with Gasteiger partial charge in [0, 0.05) is 5.56 Å². The third-order valence-electron chi connectivity index (χ3n) is 5.30. The van der Waals surface area contributed by atoms with Gasteiger partial charge in [0.25, 0.3) is 10.0 Å². The van der Waals surface area contributed by atoms with Crippen LogP contribution in [0.2, 0.25) is 0 Å². The fourth-order valence-electron chi connectivity index (χ4n) is 3.63. The highest BCUT2D eigenvalue weighted by Gasteiger charge is 2.35. The fourth-order valence-corrected chi connectivity index (χ4v) is 5.13. The first-order valence-electron chi connectivity index (χ1n) is 9.84. The van der Waals surface area contributed by atoms with Crippen molar-refractivity contribution in [1.29, 1.82) is 0 Å². The molecule has 0 saturated heterocycles. The standard InChI is InChI=1S/C23H19F4NO4S/c1-14-10-17(31-2)13-19(22(14)24)15-6-7-21-20(11-15)28(8-9-32-21)33(29,30)18-5-3-4-16(12-18)23(25,26)27/h3-7,10-13H,8-9H2,1-2H3. The molecule has 0 fully saturated rings. The number of hydrogen-bond donors (Lipinski definition) is 0. The molecule has 0 radical (unpaired) electrons. The molecule has 0 N–H and O–H groups in total. The number of methoxy groups -OCH3 is 1. The second kappa shape index (κ2) is 8.26. The van der Waals surface area contributed by atoms with Crippen LogP contribution in [0.5, 0.6) is 11.5 Å². The molecule has 0 aliphatic carbocycles. The summed E-state index contributed by atoms with van der Waals surface area (Å²) in [7, 11) is -2.91. The van der Waals surface area contributed by atoms with E-state index < -0.39 is 32.5 Å². The molecule has 0 saturated carbocycles. The van der Waals surface area contributed by atoms with E-state index in [-0.39, 0.29) is 30.2 Å². The van der Waals surface area contributed by atoms with Gasteiger partial charge in [0.2, 0.25) is 0 Å². The largest absolute Gasteiger partial charge is 0.497 e. The molecule has 1 heterocycles. The van der Waals surface area contributed by atoms with Gasteiger partial charge in [-0.05, 0) is 60.5 Å². The highest BCUT2D eigenvalue weighted by Crippen LogP contribution is 2.40. The normalized spacial score (nSPS) is 13.9. The van der Waals surface area contributed by atoms with E-state index in [1.807, 2.05) is 0 Å². The molecule has 3 aromatic rings. The van der Waals surface area contributed by atoms with Crippen LogP contribution in [0.25, 0.3) is 11.1 Å². The highest BCUT2D eigenvalue weighted by atomic mass is 32.2. The van der Waals surface area contributed by atoms with Crippen molar-refractivity contribution in [2.24, 2.45) is 0 Å². The van der Waals surface area contributed by atoms with Gasteiger partial charge in [-0.2, -0.15) is 13.2 Å². The second-order valence-corrected chi connectivity index (χ2v) is 9.30. The molecular weight excluding hydrogens is 462 g/mol. The SMILES string of the molecule is COc1cc(C)c(F)c(-c2ccc3c(c2)N(S(=O)(=O)c2cccc(C(F)(F)F)c2)CCO3)c1. The number of benzene rings is 3. The lowest BCUT2D eigenvalue weighted by molar-refractivity contribution is -0.137. The van der Waals surface area contributed by atoms with E-state index in [4.69, 9.17) is 9.47 Å². The number of rotatable bonds is 4. The van der Waals surface area contributed by atoms with Crippen molar-refractivity contribution in [1.82, 2.24) is 0 Å². The summed E-state index contributed by atoms with van der Waals surface area (Å²) in [4.78, 5) is -0.501. The van der Waals surface area contributed by atoms with Gasteiger partial charge < -0.3 is 9.47 Å².